The van der Waals surface area contributed by atoms with Gasteiger partial charge in [0.15, 0.2) is 0 Å². The first-order chi connectivity index (χ1) is 7.99. The Morgan fingerprint density at radius 2 is 2.29 bits per heavy atom. The molecule has 0 radical (unpaired) electrons. The molecule has 1 aliphatic rings. The van der Waals surface area contributed by atoms with Gasteiger partial charge in [-0.05, 0) is 26.8 Å². The quantitative estimate of drug-likeness (QED) is 0.645. The molecule has 0 fully saturated rings. The molecule has 0 aromatic heterocycles. The molecule has 2 N–H and O–H groups in total. The lowest BCUT2D eigenvalue weighted by Crippen LogP contribution is -2.32. The van der Waals surface area contributed by atoms with Gasteiger partial charge in [0, 0.05) is 13.1 Å². The van der Waals surface area contributed by atoms with E-state index in [1.165, 1.54) is 0 Å². The van der Waals surface area contributed by atoms with Crippen molar-refractivity contribution in [2.45, 2.75) is 26.4 Å². The van der Waals surface area contributed by atoms with Gasteiger partial charge in [0.2, 0.25) is 10.0 Å². The Kier molecular flexibility index (Phi) is 6.11. The minimum absolute atomic E-state index is 0.0245. The van der Waals surface area contributed by atoms with Crippen molar-refractivity contribution >= 4 is 10.0 Å². The smallest absolute Gasteiger partial charge is 0.214 e. The van der Waals surface area contributed by atoms with Gasteiger partial charge in [-0.2, -0.15) is 0 Å². The van der Waals surface area contributed by atoms with Crippen molar-refractivity contribution < 1.29 is 13.2 Å². The maximum atomic E-state index is 11.6. The second-order valence-corrected chi connectivity index (χ2v) is 6.30. The van der Waals surface area contributed by atoms with Crippen molar-refractivity contribution in [3.8, 4) is 0 Å². The number of sulfonamides is 1. The zero-order chi connectivity index (χ0) is 12.7. The van der Waals surface area contributed by atoms with E-state index in [0.29, 0.717) is 6.54 Å². The lowest BCUT2D eigenvalue weighted by Gasteiger charge is -2.15. The van der Waals surface area contributed by atoms with Crippen molar-refractivity contribution in [3.63, 3.8) is 0 Å². The fourth-order valence-corrected chi connectivity index (χ4v) is 2.36. The van der Waals surface area contributed by atoms with Gasteiger partial charge in [-0.3, -0.25) is 0 Å². The number of hydrogen-bond acceptors (Lipinski definition) is 4. The second kappa shape index (κ2) is 7.10. The van der Waals surface area contributed by atoms with E-state index >= 15 is 0 Å². The van der Waals surface area contributed by atoms with Gasteiger partial charge in [0.1, 0.15) is 0 Å². The first kappa shape index (κ1) is 14.6. The van der Waals surface area contributed by atoms with Crippen LogP contribution in [-0.4, -0.2) is 46.5 Å². The molecule has 0 bridgehead atoms. The van der Waals surface area contributed by atoms with E-state index < -0.39 is 10.0 Å². The monoisotopic (exact) mass is 262 g/mol. The van der Waals surface area contributed by atoms with Crippen molar-refractivity contribution in [2.24, 2.45) is 0 Å². The van der Waals surface area contributed by atoms with Gasteiger partial charge in [-0.1, -0.05) is 11.6 Å². The van der Waals surface area contributed by atoms with E-state index in [2.05, 4.69) is 10.0 Å². The molecule has 1 aliphatic heterocycles. The summed E-state index contributed by atoms with van der Waals surface area (Å²) in [4.78, 5) is 0. The summed E-state index contributed by atoms with van der Waals surface area (Å²) in [7, 11) is -3.21. The zero-order valence-electron chi connectivity index (χ0n) is 10.5. The van der Waals surface area contributed by atoms with E-state index in [1.54, 1.807) is 0 Å². The van der Waals surface area contributed by atoms with E-state index in [1.807, 2.05) is 19.9 Å². The molecule has 0 unspecified atom stereocenters. The lowest BCUT2D eigenvalue weighted by atomic mass is 10.1. The summed E-state index contributed by atoms with van der Waals surface area (Å²) in [6, 6.07) is 0. The van der Waals surface area contributed by atoms with Gasteiger partial charge in [-0.15, -0.1) is 0 Å². The number of hydrogen-bond donors (Lipinski definition) is 2. The Morgan fingerprint density at radius 3 is 2.88 bits per heavy atom. The number of rotatable bonds is 7. The van der Waals surface area contributed by atoms with Gasteiger partial charge >= 0.3 is 0 Å². The molecule has 0 spiro atoms. The largest absolute Gasteiger partial charge is 0.378 e. The van der Waals surface area contributed by atoms with Gasteiger partial charge in [0.05, 0.1) is 18.5 Å². The molecule has 100 valence electrons. The molecule has 17 heavy (non-hydrogen) atoms. The molecule has 0 saturated carbocycles. The predicted molar refractivity (Wildman–Crippen MR) is 68.4 cm³/mol. The average Bonchev–Trinajstić information content (AvgIpc) is 2.27. The third-order valence-electron chi connectivity index (χ3n) is 2.48. The van der Waals surface area contributed by atoms with Crippen LogP contribution in [0, 0.1) is 0 Å². The standard InChI is InChI=1S/C11H22N2O3S/c1-10(2)16-7-8-17(14,15)13-9-11-3-5-12-6-4-11/h3,10,12-13H,4-9H2,1-2H3. The fourth-order valence-electron chi connectivity index (χ4n) is 1.50. The molecule has 0 aliphatic carbocycles. The number of ether oxygens (including phenoxy) is 1. The first-order valence-electron chi connectivity index (χ1n) is 5.97. The molecule has 0 amide bonds. The molecule has 5 nitrogen and oxygen atoms in total. The van der Waals surface area contributed by atoms with Crippen LogP contribution in [0.3, 0.4) is 0 Å². The zero-order valence-corrected chi connectivity index (χ0v) is 11.3. The average molecular weight is 262 g/mol. The molecule has 0 atom stereocenters. The van der Waals surface area contributed by atoms with Crippen LogP contribution >= 0.6 is 0 Å². The topological polar surface area (TPSA) is 67.4 Å². The molecule has 1 rings (SSSR count). The van der Waals surface area contributed by atoms with Crippen molar-refractivity contribution in [3.05, 3.63) is 11.6 Å². The third-order valence-corrected chi connectivity index (χ3v) is 3.77. The van der Waals surface area contributed by atoms with Crippen LogP contribution in [0.5, 0.6) is 0 Å². The normalized spacial score (nSPS) is 17.2. The van der Waals surface area contributed by atoms with Gasteiger partial charge in [-0.25, -0.2) is 13.1 Å². The second-order valence-electron chi connectivity index (χ2n) is 4.38. The summed E-state index contributed by atoms with van der Waals surface area (Å²) >= 11 is 0. The minimum Gasteiger partial charge on any atom is -0.378 e. The summed E-state index contributed by atoms with van der Waals surface area (Å²) < 4.78 is 31.1. The van der Waals surface area contributed by atoms with Crippen molar-refractivity contribution in [1.82, 2.24) is 10.0 Å². The number of nitrogens with one attached hydrogen (secondary N) is 2. The van der Waals surface area contributed by atoms with Crippen LogP contribution in [0.25, 0.3) is 0 Å². The Bertz CT molecular complexity index is 350. The summed E-state index contributed by atoms with van der Waals surface area (Å²) in [6.07, 6.45) is 3.01. The molecular weight excluding hydrogens is 240 g/mol. The Hall–Kier alpha value is -0.430. The summed E-state index contributed by atoms with van der Waals surface area (Å²) in [5, 5.41) is 3.18. The maximum absolute atomic E-state index is 11.6. The van der Waals surface area contributed by atoms with Crippen molar-refractivity contribution in [2.75, 3.05) is 32.0 Å². The van der Waals surface area contributed by atoms with Gasteiger partial charge in [0.25, 0.3) is 0 Å². The fraction of sp³-hybridized carbons (Fsp3) is 0.818. The van der Waals surface area contributed by atoms with Crippen LogP contribution in [-0.2, 0) is 14.8 Å². The molecular formula is C11H22N2O3S. The SMILES string of the molecule is CC(C)OCCS(=O)(=O)NCC1=CCNCC1. The van der Waals surface area contributed by atoms with Crippen LogP contribution < -0.4 is 10.0 Å². The third kappa shape index (κ3) is 6.78. The van der Waals surface area contributed by atoms with Crippen LogP contribution in [0.15, 0.2) is 11.6 Å². The summed E-state index contributed by atoms with van der Waals surface area (Å²) in [5.41, 5.74) is 1.15. The van der Waals surface area contributed by atoms with E-state index in [0.717, 1.165) is 25.1 Å². The summed E-state index contributed by atoms with van der Waals surface area (Å²) in [5.74, 6) is 0.0245. The predicted octanol–water partition coefficient (Wildman–Crippen LogP) is 0.251. The van der Waals surface area contributed by atoms with E-state index in [4.69, 9.17) is 4.74 Å². The highest BCUT2D eigenvalue weighted by molar-refractivity contribution is 7.89. The molecule has 0 aromatic rings. The highest BCUT2D eigenvalue weighted by Crippen LogP contribution is 2.03. The van der Waals surface area contributed by atoms with E-state index in [-0.39, 0.29) is 18.5 Å². The van der Waals surface area contributed by atoms with Crippen LogP contribution in [0.1, 0.15) is 20.3 Å². The molecule has 0 aromatic carbocycles. The Labute approximate surface area is 104 Å². The van der Waals surface area contributed by atoms with Crippen molar-refractivity contribution in [1.29, 1.82) is 0 Å². The van der Waals surface area contributed by atoms with E-state index in [9.17, 15) is 8.42 Å². The Morgan fingerprint density at radius 1 is 1.53 bits per heavy atom. The molecule has 0 saturated heterocycles. The van der Waals surface area contributed by atoms with Gasteiger partial charge < -0.3 is 10.1 Å². The lowest BCUT2D eigenvalue weighted by molar-refractivity contribution is 0.0911. The summed E-state index contributed by atoms with van der Waals surface area (Å²) in [6.45, 7) is 6.19. The molecule has 6 heteroatoms. The first-order valence-corrected chi connectivity index (χ1v) is 7.62. The maximum Gasteiger partial charge on any atom is 0.214 e. The highest BCUT2D eigenvalue weighted by Gasteiger charge is 2.12. The Balaban J connectivity index is 2.26. The molecule has 1 heterocycles. The van der Waals surface area contributed by atoms with Crippen LogP contribution in [0.4, 0.5) is 0 Å². The van der Waals surface area contributed by atoms with Crippen LogP contribution in [0.2, 0.25) is 0 Å². The highest BCUT2D eigenvalue weighted by atomic mass is 32.2. The minimum atomic E-state index is -3.21.